The molecular formula is C10H9ClOS2. The fourth-order valence-corrected chi connectivity index (χ4v) is 3.29. The number of thiophene rings is 1. The molecule has 0 spiro atoms. The quantitative estimate of drug-likeness (QED) is 0.622. The van der Waals surface area contributed by atoms with Crippen molar-refractivity contribution in [1.29, 1.82) is 0 Å². The zero-order chi connectivity index (χ0) is 10.1. The molecule has 0 atom stereocenters. The molecule has 0 aliphatic carbocycles. The summed E-state index contributed by atoms with van der Waals surface area (Å²) in [6.07, 6.45) is 0. The number of alkyl halides is 1. The summed E-state index contributed by atoms with van der Waals surface area (Å²) in [5, 5.41) is 1.12. The molecule has 14 heavy (non-hydrogen) atoms. The molecule has 0 aliphatic heterocycles. The minimum Gasteiger partial charge on any atom is -0.495 e. The molecule has 2 aromatic rings. The van der Waals surface area contributed by atoms with Crippen LogP contribution in [-0.4, -0.2) is 7.11 Å². The van der Waals surface area contributed by atoms with Crippen LogP contribution in [0.2, 0.25) is 0 Å². The highest BCUT2D eigenvalue weighted by Gasteiger charge is 2.11. The van der Waals surface area contributed by atoms with Crippen LogP contribution in [0, 0.1) is 0 Å². The van der Waals surface area contributed by atoms with Gasteiger partial charge in [-0.05, 0) is 6.07 Å². The average molecular weight is 245 g/mol. The number of hydrogen-bond donors (Lipinski definition) is 1. The van der Waals surface area contributed by atoms with E-state index >= 15 is 0 Å². The van der Waals surface area contributed by atoms with Crippen LogP contribution in [-0.2, 0) is 5.88 Å². The third kappa shape index (κ3) is 1.49. The van der Waals surface area contributed by atoms with Gasteiger partial charge in [0.15, 0.2) is 0 Å². The highest BCUT2D eigenvalue weighted by molar-refractivity contribution is 7.80. The van der Waals surface area contributed by atoms with Crippen molar-refractivity contribution in [3.8, 4) is 5.75 Å². The van der Waals surface area contributed by atoms with E-state index in [-0.39, 0.29) is 0 Å². The minimum atomic E-state index is 0.501. The van der Waals surface area contributed by atoms with Gasteiger partial charge in [-0.25, -0.2) is 0 Å². The number of thiol groups is 1. The first-order valence-corrected chi connectivity index (χ1v) is 5.91. The summed E-state index contributed by atoms with van der Waals surface area (Å²) in [6, 6.07) is 5.95. The maximum Gasteiger partial charge on any atom is 0.136 e. The Hall–Kier alpha value is -0.380. The number of ether oxygens (including phenoxy) is 1. The number of methoxy groups -OCH3 is 1. The van der Waals surface area contributed by atoms with Crippen LogP contribution in [0.4, 0.5) is 0 Å². The maximum atomic E-state index is 5.82. The maximum absolute atomic E-state index is 5.82. The molecule has 1 heterocycles. The Labute approximate surface area is 97.1 Å². The molecule has 74 valence electrons. The van der Waals surface area contributed by atoms with Crippen LogP contribution in [0.25, 0.3) is 10.1 Å². The largest absolute Gasteiger partial charge is 0.495 e. The molecule has 0 unspecified atom stereocenters. The molecule has 0 N–H and O–H groups in total. The van der Waals surface area contributed by atoms with Gasteiger partial charge >= 0.3 is 0 Å². The van der Waals surface area contributed by atoms with E-state index in [9.17, 15) is 0 Å². The lowest BCUT2D eigenvalue weighted by Gasteiger charge is -1.99. The van der Waals surface area contributed by atoms with Crippen molar-refractivity contribution < 1.29 is 4.74 Å². The summed E-state index contributed by atoms with van der Waals surface area (Å²) in [7, 11) is 1.67. The van der Waals surface area contributed by atoms with Crippen molar-refractivity contribution in [2.24, 2.45) is 0 Å². The first-order chi connectivity index (χ1) is 6.77. The van der Waals surface area contributed by atoms with E-state index in [1.54, 1.807) is 18.4 Å². The smallest absolute Gasteiger partial charge is 0.136 e. The highest BCUT2D eigenvalue weighted by Crippen LogP contribution is 2.39. The molecule has 0 bridgehead atoms. The highest BCUT2D eigenvalue weighted by atomic mass is 35.5. The standard InChI is InChI=1S/C10H9ClOS2/c1-12-7-4-2-3-6-9(13)8(5-11)14-10(6)7/h2-4,13H,5H2,1H3. The van der Waals surface area contributed by atoms with Gasteiger partial charge in [-0.3, -0.25) is 0 Å². The van der Waals surface area contributed by atoms with Gasteiger partial charge in [-0.15, -0.1) is 35.6 Å². The van der Waals surface area contributed by atoms with Crippen LogP contribution in [0.1, 0.15) is 4.88 Å². The number of hydrogen-bond acceptors (Lipinski definition) is 3. The average Bonchev–Trinajstić information content (AvgIpc) is 2.55. The molecule has 0 saturated carbocycles. The van der Waals surface area contributed by atoms with Crippen LogP contribution in [0.15, 0.2) is 23.1 Å². The first kappa shape index (κ1) is 10.1. The van der Waals surface area contributed by atoms with Gasteiger partial charge in [0.2, 0.25) is 0 Å². The van der Waals surface area contributed by atoms with Crippen LogP contribution >= 0.6 is 35.6 Å². The van der Waals surface area contributed by atoms with Crippen LogP contribution in [0.5, 0.6) is 5.75 Å². The lowest BCUT2D eigenvalue weighted by Crippen LogP contribution is -1.80. The van der Waals surface area contributed by atoms with Crippen molar-refractivity contribution in [2.75, 3.05) is 7.11 Å². The summed E-state index contributed by atoms with van der Waals surface area (Å²) in [5.41, 5.74) is 0. The SMILES string of the molecule is COc1cccc2c(S)c(CCl)sc12. The van der Waals surface area contributed by atoms with Gasteiger partial charge in [0.25, 0.3) is 0 Å². The Bertz CT molecular complexity index is 464. The van der Waals surface area contributed by atoms with Gasteiger partial charge in [-0.1, -0.05) is 12.1 Å². The monoisotopic (exact) mass is 244 g/mol. The topological polar surface area (TPSA) is 9.23 Å². The second-order valence-corrected chi connectivity index (χ2v) is 4.66. The van der Waals surface area contributed by atoms with Crippen LogP contribution < -0.4 is 4.74 Å². The van der Waals surface area contributed by atoms with E-state index in [1.165, 1.54) is 0 Å². The van der Waals surface area contributed by atoms with Crippen molar-refractivity contribution in [3.05, 3.63) is 23.1 Å². The van der Waals surface area contributed by atoms with E-state index in [2.05, 4.69) is 12.6 Å². The fourth-order valence-electron chi connectivity index (χ4n) is 1.38. The van der Waals surface area contributed by atoms with E-state index in [0.29, 0.717) is 5.88 Å². The fraction of sp³-hybridized carbons (Fsp3) is 0.200. The summed E-state index contributed by atoms with van der Waals surface area (Å²) in [5.74, 6) is 1.39. The molecule has 0 radical (unpaired) electrons. The van der Waals surface area contributed by atoms with Gasteiger partial charge in [0.1, 0.15) is 5.75 Å². The molecule has 0 aliphatic rings. The molecule has 2 rings (SSSR count). The zero-order valence-corrected chi connectivity index (χ0v) is 10.0. The second-order valence-electron chi connectivity index (χ2n) is 2.84. The summed E-state index contributed by atoms with van der Waals surface area (Å²) < 4.78 is 6.39. The predicted octanol–water partition coefficient (Wildman–Crippen LogP) is 3.94. The molecular weight excluding hydrogens is 236 g/mol. The molecule has 4 heteroatoms. The molecule has 0 fully saturated rings. The van der Waals surface area contributed by atoms with Crippen molar-refractivity contribution in [1.82, 2.24) is 0 Å². The van der Waals surface area contributed by atoms with Gasteiger partial charge in [-0.2, -0.15) is 0 Å². The Morgan fingerprint density at radius 1 is 1.50 bits per heavy atom. The van der Waals surface area contributed by atoms with E-state index in [4.69, 9.17) is 16.3 Å². The number of rotatable bonds is 2. The normalized spacial score (nSPS) is 10.8. The Kier molecular flexibility index (Phi) is 2.91. The molecule has 1 nitrogen and oxygen atoms in total. The van der Waals surface area contributed by atoms with Gasteiger partial charge < -0.3 is 4.74 Å². The van der Waals surface area contributed by atoms with Crippen molar-refractivity contribution in [3.63, 3.8) is 0 Å². The molecule has 1 aromatic carbocycles. The Balaban J connectivity index is 2.77. The third-order valence-corrected chi connectivity index (χ3v) is 4.37. The molecule has 0 saturated heterocycles. The summed E-state index contributed by atoms with van der Waals surface area (Å²) >= 11 is 11.9. The van der Waals surface area contributed by atoms with Gasteiger partial charge in [0.05, 0.1) is 17.7 Å². The molecule has 0 amide bonds. The minimum absolute atomic E-state index is 0.501. The first-order valence-electron chi connectivity index (χ1n) is 4.11. The second kappa shape index (κ2) is 4.01. The summed E-state index contributed by atoms with van der Waals surface area (Å²) in [4.78, 5) is 2.06. The number of fused-ring (bicyclic) bond motifs is 1. The van der Waals surface area contributed by atoms with E-state index in [0.717, 1.165) is 25.6 Å². The number of benzene rings is 1. The van der Waals surface area contributed by atoms with Gasteiger partial charge in [0, 0.05) is 15.2 Å². The Morgan fingerprint density at radius 3 is 2.93 bits per heavy atom. The predicted molar refractivity (Wildman–Crippen MR) is 65.2 cm³/mol. The van der Waals surface area contributed by atoms with E-state index < -0.39 is 0 Å². The zero-order valence-electron chi connectivity index (χ0n) is 7.58. The van der Waals surface area contributed by atoms with E-state index in [1.807, 2.05) is 18.2 Å². The van der Waals surface area contributed by atoms with Crippen molar-refractivity contribution >= 4 is 45.7 Å². The Morgan fingerprint density at radius 2 is 2.29 bits per heavy atom. The van der Waals surface area contributed by atoms with Crippen LogP contribution in [0.3, 0.4) is 0 Å². The lowest BCUT2D eigenvalue weighted by atomic mass is 10.2. The molecule has 1 aromatic heterocycles. The number of halogens is 1. The third-order valence-electron chi connectivity index (χ3n) is 2.06. The van der Waals surface area contributed by atoms with Crippen molar-refractivity contribution in [2.45, 2.75) is 10.8 Å². The summed E-state index contributed by atoms with van der Waals surface area (Å²) in [6.45, 7) is 0. The lowest BCUT2D eigenvalue weighted by molar-refractivity contribution is 0.420.